The van der Waals surface area contributed by atoms with Gasteiger partial charge in [-0.3, -0.25) is 4.79 Å². The van der Waals surface area contributed by atoms with E-state index in [0.717, 1.165) is 18.2 Å². The number of hydrogen-bond donors (Lipinski definition) is 1. The van der Waals surface area contributed by atoms with Gasteiger partial charge in [0.25, 0.3) is 5.91 Å². The molecule has 0 bridgehead atoms. The van der Waals surface area contributed by atoms with E-state index in [1.54, 1.807) is 0 Å². The molecule has 0 aliphatic carbocycles. The van der Waals surface area contributed by atoms with Gasteiger partial charge in [-0.05, 0) is 30.3 Å². The Kier molecular flexibility index (Phi) is 6.92. The van der Waals surface area contributed by atoms with Crippen LogP contribution < -0.4 is 19.5 Å². The fraction of sp³-hybridized carbons (Fsp3) is 0.263. The predicted molar refractivity (Wildman–Crippen MR) is 96.5 cm³/mol. The monoisotopic (exact) mass is 413 g/mol. The molecule has 1 N–H and O–H groups in total. The summed E-state index contributed by atoms with van der Waals surface area (Å²) in [6, 6.07) is 6.91. The molecule has 0 aliphatic rings. The van der Waals surface area contributed by atoms with E-state index in [9.17, 15) is 22.8 Å². The molecular formula is C19H18F3NO6. The molecule has 0 radical (unpaired) electrons. The van der Waals surface area contributed by atoms with E-state index in [1.165, 1.54) is 39.5 Å². The highest BCUT2D eigenvalue weighted by molar-refractivity contribution is 5.97. The molecular weight excluding hydrogens is 395 g/mol. The normalized spacial score (nSPS) is 10.8. The highest BCUT2D eigenvalue weighted by atomic mass is 19.4. The first kappa shape index (κ1) is 21.9. The highest BCUT2D eigenvalue weighted by Gasteiger charge is 2.30. The molecule has 0 heterocycles. The van der Waals surface area contributed by atoms with Crippen LogP contribution in [0.5, 0.6) is 17.2 Å². The van der Waals surface area contributed by atoms with Crippen molar-refractivity contribution in [2.45, 2.75) is 6.18 Å². The molecule has 156 valence electrons. The number of alkyl halides is 3. The van der Waals surface area contributed by atoms with Crippen LogP contribution in [-0.4, -0.2) is 39.8 Å². The summed E-state index contributed by atoms with van der Waals surface area (Å²) in [4.78, 5) is 24.2. The molecule has 29 heavy (non-hydrogen) atoms. The van der Waals surface area contributed by atoms with Crippen molar-refractivity contribution in [2.24, 2.45) is 0 Å². The van der Waals surface area contributed by atoms with Crippen molar-refractivity contribution in [3.63, 3.8) is 0 Å². The fourth-order valence-corrected chi connectivity index (χ4v) is 2.44. The van der Waals surface area contributed by atoms with Gasteiger partial charge in [-0.2, -0.15) is 13.2 Å². The van der Waals surface area contributed by atoms with Crippen molar-refractivity contribution >= 4 is 17.6 Å². The number of benzene rings is 2. The second-order valence-electron chi connectivity index (χ2n) is 5.58. The van der Waals surface area contributed by atoms with Crippen molar-refractivity contribution < 1.29 is 41.7 Å². The lowest BCUT2D eigenvalue weighted by molar-refractivity contribution is -0.137. The van der Waals surface area contributed by atoms with E-state index in [-0.39, 0.29) is 22.7 Å². The van der Waals surface area contributed by atoms with Crippen LogP contribution in [-0.2, 0) is 15.7 Å². The third kappa shape index (κ3) is 5.31. The van der Waals surface area contributed by atoms with Gasteiger partial charge in [0.15, 0.2) is 18.1 Å². The zero-order chi connectivity index (χ0) is 21.6. The molecule has 0 spiro atoms. The molecule has 7 nitrogen and oxygen atoms in total. The van der Waals surface area contributed by atoms with E-state index in [2.05, 4.69) is 5.32 Å². The molecule has 0 fully saturated rings. The number of amides is 1. The second kappa shape index (κ2) is 9.18. The second-order valence-corrected chi connectivity index (χ2v) is 5.58. The number of carbonyl (C=O) groups excluding carboxylic acids is 2. The van der Waals surface area contributed by atoms with Crippen molar-refractivity contribution in [1.29, 1.82) is 0 Å². The SMILES string of the molecule is COc1ccc(C(=O)OCC(=O)Nc2cccc(C(F)(F)F)c2)c(OC)c1OC. The summed E-state index contributed by atoms with van der Waals surface area (Å²) in [5.74, 6) is -1.16. The van der Waals surface area contributed by atoms with Gasteiger partial charge in [0.2, 0.25) is 5.75 Å². The highest BCUT2D eigenvalue weighted by Crippen LogP contribution is 2.40. The van der Waals surface area contributed by atoms with Crippen molar-refractivity contribution in [1.82, 2.24) is 0 Å². The van der Waals surface area contributed by atoms with Crippen molar-refractivity contribution in [3.8, 4) is 17.2 Å². The minimum atomic E-state index is -4.54. The summed E-state index contributed by atoms with van der Waals surface area (Å²) < 4.78 is 58.5. The maximum Gasteiger partial charge on any atom is 0.416 e. The van der Waals surface area contributed by atoms with Gasteiger partial charge in [-0.15, -0.1) is 0 Å². The smallest absolute Gasteiger partial charge is 0.416 e. The molecule has 0 saturated carbocycles. The molecule has 0 saturated heterocycles. The van der Waals surface area contributed by atoms with Crippen molar-refractivity contribution in [3.05, 3.63) is 47.5 Å². The Bertz CT molecular complexity index is 898. The summed E-state index contributed by atoms with van der Waals surface area (Å²) in [7, 11) is 4.08. The Morgan fingerprint density at radius 2 is 1.66 bits per heavy atom. The molecule has 1 amide bonds. The average molecular weight is 413 g/mol. The van der Waals surface area contributed by atoms with Gasteiger partial charge in [-0.25, -0.2) is 4.79 Å². The van der Waals surface area contributed by atoms with Crippen LogP contribution in [0.15, 0.2) is 36.4 Å². The Morgan fingerprint density at radius 1 is 0.966 bits per heavy atom. The molecule has 2 aromatic rings. The zero-order valence-corrected chi connectivity index (χ0v) is 15.8. The van der Waals surface area contributed by atoms with Crippen LogP contribution >= 0.6 is 0 Å². The first-order valence-corrected chi connectivity index (χ1v) is 8.14. The fourth-order valence-electron chi connectivity index (χ4n) is 2.44. The summed E-state index contributed by atoms with van der Waals surface area (Å²) in [6.45, 7) is -0.716. The Morgan fingerprint density at radius 3 is 2.24 bits per heavy atom. The van der Waals surface area contributed by atoms with Crippen LogP contribution in [0, 0.1) is 0 Å². The van der Waals surface area contributed by atoms with Gasteiger partial charge in [0, 0.05) is 5.69 Å². The molecule has 2 rings (SSSR count). The molecule has 0 atom stereocenters. The first-order valence-electron chi connectivity index (χ1n) is 8.14. The zero-order valence-electron chi connectivity index (χ0n) is 15.8. The summed E-state index contributed by atoms with van der Waals surface area (Å²) >= 11 is 0. The number of carbonyl (C=O) groups is 2. The summed E-state index contributed by atoms with van der Waals surface area (Å²) in [5.41, 5.74) is -1.01. The topological polar surface area (TPSA) is 83.1 Å². The number of halogens is 3. The van der Waals surface area contributed by atoms with Crippen LogP contribution in [0.1, 0.15) is 15.9 Å². The van der Waals surface area contributed by atoms with Gasteiger partial charge in [0.1, 0.15) is 5.56 Å². The standard InChI is InChI=1S/C19H18F3NO6/c1-26-14-8-7-13(16(27-2)17(14)28-3)18(25)29-10-15(24)23-12-6-4-5-11(9-12)19(20,21)22/h4-9H,10H2,1-3H3,(H,23,24). The minimum absolute atomic E-state index is 0.0166. The van der Waals surface area contributed by atoms with E-state index in [0.29, 0.717) is 5.75 Å². The van der Waals surface area contributed by atoms with Crippen LogP contribution in [0.2, 0.25) is 0 Å². The quantitative estimate of drug-likeness (QED) is 0.700. The van der Waals surface area contributed by atoms with E-state index >= 15 is 0 Å². The minimum Gasteiger partial charge on any atom is -0.493 e. The Labute approximate surface area is 164 Å². The Balaban J connectivity index is 2.07. The van der Waals surface area contributed by atoms with E-state index in [1.807, 2.05) is 0 Å². The number of nitrogens with one attached hydrogen (secondary N) is 1. The number of esters is 1. The third-order valence-corrected chi connectivity index (χ3v) is 3.73. The van der Waals surface area contributed by atoms with Crippen LogP contribution in [0.4, 0.5) is 18.9 Å². The lowest BCUT2D eigenvalue weighted by Gasteiger charge is -2.15. The lowest BCUT2D eigenvalue weighted by atomic mass is 10.1. The summed E-state index contributed by atoms with van der Waals surface area (Å²) in [6.07, 6.45) is -4.54. The molecule has 0 aliphatic heterocycles. The number of rotatable bonds is 7. The largest absolute Gasteiger partial charge is 0.493 e. The van der Waals surface area contributed by atoms with Crippen molar-refractivity contribution in [2.75, 3.05) is 33.3 Å². The van der Waals surface area contributed by atoms with Crippen LogP contribution in [0.25, 0.3) is 0 Å². The Hall–Kier alpha value is -3.43. The average Bonchev–Trinajstić information content (AvgIpc) is 2.70. The predicted octanol–water partition coefficient (Wildman–Crippen LogP) is 3.53. The van der Waals surface area contributed by atoms with Gasteiger partial charge in [-0.1, -0.05) is 6.07 Å². The molecule has 0 aromatic heterocycles. The maximum atomic E-state index is 12.7. The van der Waals surface area contributed by atoms with Gasteiger partial charge < -0.3 is 24.3 Å². The molecule has 2 aromatic carbocycles. The maximum absolute atomic E-state index is 12.7. The third-order valence-electron chi connectivity index (χ3n) is 3.73. The molecule has 10 heteroatoms. The van der Waals surface area contributed by atoms with Gasteiger partial charge in [0.05, 0.1) is 26.9 Å². The lowest BCUT2D eigenvalue weighted by Crippen LogP contribution is -2.21. The van der Waals surface area contributed by atoms with E-state index < -0.39 is 30.2 Å². The van der Waals surface area contributed by atoms with E-state index in [4.69, 9.17) is 18.9 Å². The molecule has 0 unspecified atom stereocenters. The summed E-state index contributed by atoms with van der Waals surface area (Å²) in [5, 5.41) is 2.24. The first-order chi connectivity index (χ1) is 13.7. The number of ether oxygens (including phenoxy) is 4. The van der Waals surface area contributed by atoms with Gasteiger partial charge >= 0.3 is 12.1 Å². The van der Waals surface area contributed by atoms with Crippen LogP contribution in [0.3, 0.4) is 0 Å². The number of anilines is 1. The number of methoxy groups -OCH3 is 3. The number of hydrogen-bond acceptors (Lipinski definition) is 6.